The molecule has 0 spiro atoms. The summed E-state index contributed by atoms with van der Waals surface area (Å²) in [7, 11) is 0. The Hall–Kier alpha value is -2.88. The Balaban J connectivity index is 1.97. The number of para-hydroxylation sites is 2. The van der Waals surface area contributed by atoms with E-state index in [1.54, 1.807) is 6.07 Å². The van der Waals surface area contributed by atoms with Crippen molar-refractivity contribution in [3.05, 3.63) is 66.2 Å². The summed E-state index contributed by atoms with van der Waals surface area (Å²) in [6.45, 7) is 0. The van der Waals surface area contributed by atoms with Gasteiger partial charge >= 0.3 is 0 Å². The highest BCUT2D eigenvalue weighted by Gasteiger charge is 2.12. The van der Waals surface area contributed by atoms with Crippen LogP contribution in [0.3, 0.4) is 0 Å². The first-order chi connectivity index (χ1) is 9.74. The summed E-state index contributed by atoms with van der Waals surface area (Å²) in [6.07, 6.45) is 0. The van der Waals surface area contributed by atoms with E-state index in [9.17, 15) is 4.79 Å². The van der Waals surface area contributed by atoms with E-state index in [0.717, 1.165) is 16.6 Å². The van der Waals surface area contributed by atoms with Gasteiger partial charge in [-0.1, -0.05) is 36.4 Å². The molecule has 1 heterocycles. The highest BCUT2D eigenvalue weighted by Crippen LogP contribution is 2.19. The number of pyridine rings is 1. The first-order valence-electron chi connectivity index (χ1n) is 6.26. The maximum Gasteiger partial charge on any atom is 0.259 e. The van der Waals surface area contributed by atoms with Crippen molar-refractivity contribution in [3.8, 4) is 0 Å². The Morgan fingerprint density at radius 1 is 1.00 bits per heavy atom. The van der Waals surface area contributed by atoms with Crippen LogP contribution in [0.15, 0.2) is 60.7 Å². The largest absolute Gasteiger partial charge is 0.383 e. The number of nitrogen functional groups attached to an aromatic ring is 1. The molecule has 0 fully saturated rings. The predicted molar refractivity (Wildman–Crippen MR) is 80.6 cm³/mol. The topological polar surface area (TPSA) is 68.0 Å². The molecule has 0 aliphatic rings. The van der Waals surface area contributed by atoms with Gasteiger partial charge in [0.05, 0.1) is 11.1 Å². The molecule has 20 heavy (non-hydrogen) atoms. The van der Waals surface area contributed by atoms with Crippen LogP contribution in [0, 0.1) is 0 Å². The van der Waals surface area contributed by atoms with Gasteiger partial charge in [0.25, 0.3) is 5.91 Å². The fraction of sp³-hybridized carbons (Fsp3) is 0. The van der Waals surface area contributed by atoms with Crippen LogP contribution >= 0.6 is 0 Å². The quantitative estimate of drug-likeness (QED) is 0.746. The molecule has 98 valence electrons. The van der Waals surface area contributed by atoms with Crippen LogP contribution in [0.25, 0.3) is 10.9 Å². The van der Waals surface area contributed by atoms with Crippen molar-refractivity contribution in [1.29, 1.82) is 0 Å². The van der Waals surface area contributed by atoms with Gasteiger partial charge in [0.2, 0.25) is 0 Å². The molecule has 3 N–H and O–H groups in total. The lowest BCUT2D eigenvalue weighted by atomic mass is 10.1. The first-order valence-corrected chi connectivity index (χ1v) is 6.26. The fourth-order valence-electron chi connectivity index (χ4n) is 2.03. The highest BCUT2D eigenvalue weighted by atomic mass is 16.1. The number of anilines is 2. The number of nitrogens with zero attached hydrogens (tertiary/aromatic N) is 1. The SMILES string of the molecule is Nc1nc2ccccc2cc1C(=O)Nc1ccccc1. The Morgan fingerprint density at radius 2 is 1.70 bits per heavy atom. The average molecular weight is 263 g/mol. The lowest BCUT2D eigenvalue weighted by Crippen LogP contribution is -2.14. The summed E-state index contributed by atoms with van der Waals surface area (Å²) in [5.41, 5.74) is 7.76. The average Bonchev–Trinajstić information content (AvgIpc) is 2.47. The molecule has 1 amide bonds. The van der Waals surface area contributed by atoms with Crippen molar-refractivity contribution in [2.75, 3.05) is 11.1 Å². The number of carbonyl (C=O) groups is 1. The number of carbonyl (C=O) groups excluding carboxylic acids is 1. The minimum Gasteiger partial charge on any atom is -0.383 e. The van der Waals surface area contributed by atoms with E-state index in [2.05, 4.69) is 10.3 Å². The van der Waals surface area contributed by atoms with Gasteiger partial charge in [-0.05, 0) is 24.3 Å². The molecular formula is C16H13N3O. The van der Waals surface area contributed by atoms with E-state index in [1.165, 1.54) is 0 Å². The monoisotopic (exact) mass is 263 g/mol. The standard InChI is InChI=1S/C16H13N3O/c17-15-13(10-11-6-4-5-9-14(11)19-15)16(20)18-12-7-2-1-3-8-12/h1-10H,(H2,17,19)(H,18,20). The zero-order chi connectivity index (χ0) is 13.9. The third-order valence-electron chi connectivity index (χ3n) is 3.03. The van der Waals surface area contributed by atoms with Crippen LogP contribution in [0.1, 0.15) is 10.4 Å². The number of aromatic nitrogens is 1. The van der Waals surface area contributed by atoms with Crippen molar-refractivity contribution in [1.82, 2.24) is 4.98 Å². The Kier molecular flexibility index (Phi) is 3.05. The summed E-state index contributed by atoms with van der Waals surface area (Å²) in [5, 5.41) is 3.69. The Morgan fingerprint density at radius 3 is 2.50 bits per heavy atom. The molecule has 2 aromatic carbocycles. The minimum atomic E-state index is -0.257. The van der Waals surface area contributed by atoms with Gasteiger partial charge in [0.1, 0.15) is 5.82 Å². The van der Waals surface area contributed by atoms with E-state index in [4.69, 9.17) is 5.73 Å². The normalized spacial score (nSPS) is 10.4. The molecule has 0 saturated heterocycles. The molecule has 0 aliphatic heterocycles. The number of hydrogen-bond acceptors (Lipinski definition) is 3. The van der Waals surface area contributed by atoms with Gasteiger partial charge in [-0.2, -0.15) is 0 Å². The zero-order valence-electron chi connectivity index (χ0n) is 10.7. The van der Waals surface area contributed by atoms with Gasteiger partial charge in [0, 0.05) is 11.1 Å². The second kappa shape index (κ2) is 5.01. The lowest BCUT2D eigenvalue weighted by molar-refractivity contribution is 0.102. The van der Waals surface area contributed by atoms with Crippen LogP contribution < -0.4 is 11.1 Å². The molecule has 0 aliphatic carbocycles. The van der Waals surface area contributed by atoms with Crippen molar-refractivity contribution < 1.29 is 4.79 Å². The van der Waals surface area contributed by atoms with Crippen molar-refractivity contribution in [2.45, 2.75) is 0 Å². The smallest absolute Gasteiger partial charge is 0.259 e. The van der Waals surface area contributed by atoms with Crippen LogP contribution in [0.4, 0.5) is 11.5 Å². The van der Waals surface area contributed by atoms with Crippen LogP contribution in [0.5, 0.6) is 0 Å². The predicted octanol–water partition coefficient (Wildman–Crippen LogP) is 3.07. The Bertz CT molecular complexity index is 769. The number of amides is 1. The maximum atomic E-state index is 12.2. The maximum absolute atomic E-state index is 12.2. The lowest BCUT2D eigenvalue weighted by Gasteiger charge is -2.08. The van der Waals surface area contributed by atoms with Gasteiger partial charge in [-0.25, -0.2) is 4.98 Å². The summed E-state index contributed by atoms with van der Waals surface area (Å²) < 4.78 is 0. The second-order valence-corrected chi connectivity index (χ2v) is 4.43. The van der Waals surface area contributed by atoms with E-state index in [0.29, 0.717) is 5.56 Å². The number of fused-ring (bicyclic) bond motifs is 1. The zero-order valence-corrected chi connectivity index (χ0v) is 10.7. The van der Waals surface area contributed by atoms with E-state index >= 15 is 0 Å². The van der Waals surface area contributed by atoms with Crippen LogP contribution in [-0.2, 0) is 0 Å². The summed E-state index contributed by atoms with van der Waals surface area (Å²) >= 11 is 0. The highest BCUT2D eigenvalue weighted by molar-refractivity contribution is 6.09. The van der Waals surface area contributed by atoms with Crippen LogP contribution in [-0.4, -0.2) is 10.9 Å². The second-order valence-electron chi connectivity index (χ2n) is 4.43. The molecular weight excluding hydrogens is 250 g/mol. The van der Waals surface area contributed by atoms with Gasteiger partial charge in [0.15, 0.2) is 0 Å². The van der Waals surface area contributed by atoms with E-state index in [1.807, 2.05) is 54.6 Å². The van der Waals surface area contributed by atoms with Crippen molar-refractivity contribution in [3.63, 3.8) is 0 Å². The number of nitrogens with two attached hydrogens (primary N) is 1. The Labute approximate surface area is 116 Å². The molecule has 4 heteroatoms. The molecule has 0 saturated carbocycles. The van der Waals surface area contributed by atoms with Gasteiger partial charge in [-0.3, -0.25) is 4.79 Å². The summed E-state index contributed by atoms with van der Waals surface area (Å²) in [5.74, 6) is -0.0240. The number of hydrogen-bond donors (Lipinski definition) is 2. The van der Waals surface area contributed by atoms with E-state index in [-0.39, 0.29) is 11.7 Å². The first kappa shape index (κ1) is 12.2. The fourth-order valence-corrected chi connectivity index (χ4v) is 2.03. The molecule has 3 rings (SSSR count). The third kappa shape index (κ3) is 2.31. The number of nitrogens with one attached hydrogen (secondary N) is 1. The summed E-state index contributed by atoms with van der Waals surface area (Å²) in [6, 6.07) is 18.6. The summed E-state index contributed by atoms with van der Waals surface area (Å²) in [4.78, 5) is 16.5. The molecule has 0 bridgehead atoms. The number of benzene rings is 2. The minimum absolute atomic E-state index is 0.233. The molecule has 0 atom stereocenters. The molecule has 0 radical (unpaired) electrons. The molecule has 1 aromatic heterocycles. The van der Waals surface area contributed by atoms with Crippen molar-refractivity contribution >= 4 is 28.3 Å². The van der Waals surface area contributed by atoms with Gasteiger partial charge < -0.3 is 11.1 Å². The molecule has 4 nitrogen and oxygen atoms in total. The van der Waals surface area contributed by atoms with Crippen LogP contribution in [0.2, 0.25) is 0 Å². The molecule has 3 aromatic rings. The van der Waals surface area contributed by atoms with Crippen molar-refractivity contribution in [2.24, 2.45) is 0 Å². The molecule has 0 unspecified atom stereocenters. The third-order valence-corrected chi connectivity index (χ3v) is 3.03. The number of rotatable bonds is 2. The van der Waals surface area contributed by atoms with E-state index < -0.39 is 0 Å². The van der Waals surface area contributed by atoms with Gasteiger partial charge in [-0.15, -0.1) is 0 Å².